The monoisotopic (exact) mass is 645 g/mol. The number of nitrogens with zero attached hydrogens (tertiary/aromatic N) is 3. The minimum absolute atomic E-state index is 0.0111. The first-order valence-corrected chi connectivity index (χ1v) is 16.5. The maximum absolute atomic E-state index is 14.1. The molecule has 0 spiro atoms. The third-order valence-corrected chi connectivity index (χ3v) is 9.84. The number of aromatic nitrogens is 2. The Labute approximate surface area is 274 Å². The van der Waals surface area contributed by atoms with Gasteiger partial charge in [0, 0.05) is 36.2 Å². The number of allylic oxidation sites excluding steroid dienone is 1. The number of cyclic esters (lactones) is 1. The first-order chi connectivity index (χ1) is 21.3. The molecule has 11 heteroatoms. The van der Waals surface area contributed by atoms with Crippen molar-refractivity contribution in [1.82, 2.24) is 14.5 Å². The summed E-state index contributed by atoms with van der Waals surface area (Å²) in [7, 11) is 4.08. The smallest absolute Gasteiger partial charge is 0.420 e. The van der Waals surface area contributed by atoms with E-state index in [1.807, 2.05) is 41.8 Å². The van der Waals surface area contributed by atoms with Crippen molar-refractivity contribution < 1.29 is 38.1 Å². The molecular weight excluding hydrogens is 590 g/mol. The zero-order valence-electron chi connectivity index (χ0n) is 29.7. The molecule has 0 N–H and O–H groups in total. The molecule has 3 rings (SSSR count). The lowest BCUT2D eigenvalue weighted by molar-refractivity contribution is -0.268. The molecule has 0 aromatic carbocycles. The second kappa shape index (κ2) is 14.9. The van der Waals surface area contributed by atoms with Crippen LogP contribution in [-0.4, -0.2) is 88.4 Å². The SMILES string of the molecule is CC[C@H]1OC(=O)C(C)C(=O)C(C)C(OC2OC(C)CC(N(C)C)[C@H]2C)C(C)(C)CC(C)C(=O)/C(C)=C/C1(C)OC(=O)n1ccnc1. The standard InChI is InChI=1S/C35H55N3O8/c1-13-27-35(10,46-33(42)38-15-14-36-19-38)18-21(3)28(39)20(2)17-34(8,9)30(24(6)29(40)25(7)31(41)44-27)45-32-23(5)26(37(11)12)16-22(4)43-32/h14-15,18-20,22-27,30,32H,13,16-17H2,1-12H3/b21-18+/t20?,22?,23-,24?,25?,26?,27-,30?,32?,35?/m1/s1. The fourth-order valence-electron chi connectivity index (χ4n) is 7.30. The van der Waals surface area contributed by atoms with Gasteiger partial charge in [-0.3, -0.25) is 14.4 Å². The van der Waals surface area contributed by atoms with E-state index in [9.17, 15) is 19.2 Å². The third-order valence-electron chi connectivity index (χ3n) is 9.84. The molecule has 1 fully saturated rings. The Kier molecular flexibility index (Phi) is 12.2. The normalized spacial score (nSPS) is 37.6. The molecule has 0 aliphatic carbocycles. The Balaban J connectivity index is 2.06. The van der Waals surface area contributed by atoms with E-state index in [1.165, 1.54) is 25.6 Å². The van der Waals surface area contributed by atoms with Crippen LogP contribution in [0.1, 0.15) is 88.5 Å². The molecule has 3 heterocycles. The van der Waals surface area contributed by atoms with Gasteiger partial charge in [0.1, 0.15) is 18.3 Å². The predicted octanol–water partition coefficient (Wildman–Crippen LogP) is 5.46. The summed E-state index contributed by atoms with van der Waals surface area (Å²) in [5.74, 6) is -3.52. The van der Waals surface area contributed by atoms with Crippen LogP contribution in [0.5, 0.6) is 0 Å². The average Bonchev–Trinajstić information content (AvgIpc) is 3.52. The van der Waals surface area contributed by atoms with E-state index in [2.05, 4.69) is 16.8 Å². The van der Waals surface area contributed by atoms with Crippen LogP contribution in [0, 0.1) is 29.1 Å². The number of imidazole rings is 1. The molecule has 11 nitrogen and oxygen atoms in total. The number of ketones is 2. The van der Waals surface area contributed by atoms with Crippen LogP contribution in [0.3, 0.4) is 0 Å². The van der Waals surface area contributed by atoms with Gasteiger partial charge in [0.2, 0.25) is 0 Å². The van der Waals surface area contributed by atoms with Crippen molar-refractivity contribution >= 4 is 23.6 Å². The largest absolute Gasteiger partial charge is 0.457 e. The van der Waals surface area contributed by atoms with Crippen LogP contribution in [0.15, 0.2) is 30.4 Å². The van der Waals surface area contributed by atoms with Crippen molar-refractivity contribution in [2.24, 2.45) is 29.1 Å². The molecular formula is C35H55N3O8. The summed E-state index contributed by atoms with van der Waals surface area (Å²) in [6, 6.07) is 0.215. The van der Waals surface area contributed by atoms with Gasteiger partial charge >= 0.3 is 12.1 Å². The lowest BCUT2D eigenvalue weighted by atomic mass is 9.71. The van der Waals surface area contributed by atoms with Crippen molar-refractivity contribution in [2.75, 3.05) is 14.1 Å². The molecule has 46 heavy (non-hydrogen) atoms. The molecule has 2 aliphatic heterocycles. The maximum Gasteiger partial charge on any atom is 0.420 e. The summed E-state index contributed by atoms with van der Waals surface area (Å²) in [6.45, 7) is 18.3. The van der Waals surface area contributed by atoms with Crippen LogP contribution in [0.2, 0.25) is 0 Å². The summed E-state index contributed by atoms with van der Waals surface area (Å²) in [5, 5.41) is 0. The average molecular weight is 646 g/mol. The molecule has 0 radical (unpaired) electrons. The Morgan fingerprint density at radius 1 is 1.11 bits per heavy atom. The lowest BCUT2D eigenvalue weighted by Gasteiger charge is -2.47. The highest BCUT2D eigenvalue weighted by molar-refractivity contribution is 6.00. The van der Waals surface area contributed by atoms with Crippen LogP contribution in [-0.2, 0) is 33.3 Å². The fraction of sp³-hybridized carbons (Fsp3) is 0.743. The van der Waals surface area contributed by atoms with Gasteiger partial charge in [-0.05, 0) is 78.1 Å². The highest BCUT2D eigenvalue weighted by atomic mass is 16.7. The molecule has 10 atom stereocenters. The zero-order chi connectivity index (χ0) is 34.7. The molecule has 0 amide bonds. The molecule has 0 saturated carbocycles. The van der Waals surface area contributed by atoms with Crippen molar-refractivity contribution in [3.05, 3.63) is 30.4 Å². The van der Waals surface area contributed by atoms with Gasteiger partial charge in [-0.25, -0.2) is 14.3 Å². The summed E-state index contributed by atoms with van der Waals surface area (Å²) < 4.78 is 26.1. The molecule has 1 aromatic heterocycles. The highest BCUT2D eigenvalue weighted by Gasteiger charge is 2.48. The number of hydrogen-bond acceptors (Lipinski definition) is 10. The van der Waals surface area contributed by atoms with Gasteiger partial charge in [-0.2, -0.15) is 0 Å². The lowest BCUT2D eigenvalue weighted by Crippen LogP contribution is -2.53. The van der Waals surface area contributed by atoms with E-state index in [-0.39, 0.29) is 36.1 Å². The van der Waals surface area contributed by atoms with Gasteiger partial charge in [-0.15, -0.1) is 0 Å². The first-order valence-electron chi connectivity index (χ1n) is 16.5. The number of hydrogen-bond donors (Lipinski definition) is 0. The molecule has 1 saturated heterocycles. The number of Topliss-reactive ketones (excluding diaryl/α,β-unsaturated/α-hetero) is 2. The first kappa shape index (κ1) is 37.6. The second-order valence-corrected chi connectivity index (χ2v) is 14.6. The Morgan fingerprint density at radius 3 is 2.33 bits per heavy atom. The second-order valence-electron chi connectivity index (χ2n) is 14.6. The highest BCUT2D eigenvalue weighted by Crippen LogP contribution is 2.41. The van der Waals surface area contributed by atoms with Gasteiger partial charge in [0.15, 0.2) is 23.5 Å². The van der Waals surface area contributed by atoms with E-state index >= 15 is 0 Å². The van der Waals surface area contributed by atoms with Crippen LogP contribution in [0.25, 0.3) is 0 Å². The fourth-order valence-corrected chi connectivity index (χ4v) is 7.30. The van der Waals surface area contributed by atoms with Crippen LogP contribution >= 0.6 is 0 Å². The number of carbonyl (C=O) groups is 4. The van der Waals surface area contributed by atoms with E-state index in [4.69, 9.17) is 18.9 Å². The minimum Gasteiger partial charge on any atom is -0.457 e. The van der Waals surface area contributed by atoms with E-state index in [1.54, 1.807) is 33.8 Å². The topological polar surface area (TPSA) is 126 Å². The van der Waals surface area contributed by atoms with Gasteiger partial charge in [0.05, 0.1) is 12.2 Å². The summed E-state index contributed by atoms with van der Waals surface area (Å²) in [5.41, 5.74) is -1.82. The molecule has 1 aromatic rings. The van der Waals surface area contributed by atoms with E-state index in [0.29, 0.717) is 12.0 Å². The van der Waals surface area contributed by atoms with Crippen molar-refractivity contribution in [3.8, 4) is 0 Å². The number of rotatable bonds is 5. The Bertz CT molecular complexity index is 1270. The van der Waals surface area contributed by atoms with E-state index < -0.39 is 59.3 Å². The zero-order valence-corrected chi connectivity index (χ0v) is 29.7. The predicted molar refractivity (Wildman–Crippen MR) is 173 cm³/mol. The maximum atomic E-state index is 14.1. The van der Waals surface area contributed by atoms with Crippen LogP contribution < -0.4 is 0 Å². The molecule has 8 unspecified atom stereocenters. The van der Waals surface area contributed by atoms with Crippen molar-refractivity contribution in [1.29, 1.82) is 0 Å². The summed E-state index contributed by atoms with van der Waals surface area (Å²) in [4.78, 5) is 60.7. The number of esters is 1. The van der Waals surface area contributed by atoms with Crippen molar-refractivity contribution in [2.45, 2.75) is 125 Å². The van der Waals surface area contributed by atoms with E-state index in [0.717, 1.165) is 11.0 Å². The summed E-state index contributed by atoms with van der Waals surface area (Å²) >= 11 is 0. The molecule has 258 valence electrons. The molecule has 2 aliphatic rings. The third kappa shape index (κ3) is 8.33. The van der Waals surface area contributed by atoms with Gasteiger partial charge < -0.3 is 23.8 Å². The minimum atomic E-state index is -1.51. The molecule has 0 bridgehead atoms. The van der Waals surface area contributed by atoms with Crippen LogP contribution in [0.4, 0.5) is 4.79 Å². The van der Waals surface area contributed by atoms with Crippen molar-refractivity contribution in [3.63, 3.8) is 0 Å². The number of carbonyl (C=O) groups excluding carboxylic acids is 4. The number of ether oxygens (including phenoxy) is 4. The quantitative estimate of drug-likeness (QED) is 0.301. The Hall–Kier alpha value is -2.89. The van der Waals surface area contributed by atoms with Gasteiger partial charge in [-0.1, -0.05) is 41.5 Å². The van der Waals surface area contributed by atoms with Gasteiger partial charge in [0.25, 0.3) is 0 Å². The summed E-state index contributed by atoms with van der Waals surface area (Å²) in [6.07, 6.45) is 4.22. The Morgan fingerprint density at radius 2 is 1.76 bits per heavy atom.